The fraction of sp³-hybridized carbons (Fsp3) is 0.263. The minimum Gasteiger partial charge on any atom is -0.369 e. The number of hydrogen-bond donors (Lipinski definition) is 0. The fourth-order valence-electron chi connectivity index (χ4n) is 3.41. The van der Waals surface area contributed by atoms with E-state index in [0.717, 1.165) is 36.3 Å². The molecule has 0 N–H and O–H groups in total. The lowest BCUT2D eigenvalue weighted by Gasteiger charge is -2.37. The molecule has 2 aliphatic rings. The van der Waals surface area contributed by atoms with Crippen LogP contribution in [0.4, 0.5) is 15.8 Å². The Bertz CT molecular complexity index is 864. The predicted molar refractivity (Wildman–Crippen MR) is 101 cm³/mol. The number of fused-ring (bicyclic) bond motifs is 1. The molecule has 134 valence electrons. The fourth-order valence-corrected chi connectivity index (χ4v) is 3.77. The zero-order chi connectivity index (χ0) is 18.3. The van der Waals surface area contributed by atoms with Gasteiger partial charge in [0.25, 0.3) is 5.78 Å². The molecule has 0 bridgehead atoms. The predicted octanol–water partition coefficient (Wildman–Crippen LogP) is 2.90. The van der Waals surface area contributed by atoms with E-state index in [2.05, 4.69) is 25.7 Å². The second-order valence-electron chi connectivity index (χ2n) is 6.45. The van der Waals surface area contributed by atoms with Gasteiger partial charge in [-0.3, -0.25) is 19.4 Å². The standard InChI is InChI=1S/C19H17BrFN3O2/c20-13-1-6-17-16(11-13)18(25)19(26)24(17)12-22-7-9-23(10-8-22)15-4-2-14(21)3-5-15/h1-6,11H,7-10,12H2. The summed E-state index contributed by atoms with van der Waals surface area (Å²) in [6.07, 6.45) is 0. The van der Waals surface area contributed by atoms with Crippen molar-refractivity contribution >= 4 is 39.0 Å². The summed E-state index contributed by atoms with van der Waals surface area (Å²) < 4.78 is 13.8. The van der Waals surface area contributed by atoms with Gasteiger partial charge >= 0.3 is 5.91 Å². The lowest BCUT2D eigenvalue weighted by Crippen LogP contribution is -2.51. The molecular formula is C19H17BrFN3O2. The van der Waals surface area contributed by atoms with Crippen molar-refractivity contribution in [3.8, 4) is 0 Å². The molecule has 7 heteroatoms. The number of nitrogens with zero attached hydrogens (tertiary/aromatic N) is 3. The molecule has 1 fully saturated rings. The summed E-state index contributed by atoms with van der Waals surface area (Å²) in [5.74, 6) is -1.17. The van der Waals surface area contributed by atoms with Crippen molar-refractivity contribution in [1.29, 1.82) is 0 Å². The zero-order valence-electron chi connectivity index (χ0n) is 14.0. The summed E-state index contributed by atoms with van der Waals surface area (Å²) in [6, 6.07) is 11.8. The second kappa shape index (κ2) is 6.81. The van der Waals surface area contributed by atoms with Gasteiger partial charge in [0.2, 0.25) is 0 Å². The van der Waals surface area contributed by atoms with E-state index in [1.54, 1.807) is 29.2 Å². The van der Waals surface area contributed by atoms with Gasteiger partial charge in [0, 0.05) is 36.3 Å². The number of amides is 1. The number of carbonyl (C=O) groups is 2. The molecular weight excluding hydrogens is 401 g/mol. The van der Waals surface area contributed by atoms with Crippen LogP contribution in [0.2, 0.25) is 0 Å². The van der Waals surface area contributed by atoms with E-state index < -0.39 is 11.7 Å². The Morgan fingerprint density at radius 1 is 0.962 bits per heavy atom. The summed E-state index contributed by atoms with van der Waals surface area (Å²) in [5.41, 5.74) is 2.12. The lowest BCUT2D eigenvalue weighted by atomic mass is 10.1. The molecule has 0 spiro atoms. The van der Waals surface area contributed by atoms with Crippen LogP contribution in [0, 0.1) is 5.82 Å². The third-order valence-corrected chi connectivity index (χ3v) is 5.33. The first-order chi connectivity index (χ1) is 12.5. The van der Waals surface area contributed by atoms with Gasteiger partial charge in [-0.2, -0.15) is 0 Å². The molecule has 0 radical (unpaired) electrons. The van der Waals surface area contributed by atoms with Gasteiger partial charge in [-0.1, -0.05) is 15.9 Å². The first-order valence-electron chi connectivity index (χ1n) is 8.41. The number of rotatable bonds is 3. The SMILES string of the molecule is O=C1C(=O)N(CN2CCN(c3ccc(F)cc3)CC2)c2ccc(Br)cc21. The number of piperazine rings is 1. The van der Waals surface area contributed by atoms with Crippen LogP contribution in [-0.2, 0) is 4.79 Å². The highest BCUT2D eigenvalue weighted by Gasteiger charge is 2.37. The first-order valence-corrected chi connectivity index (χ1v) is 9.21. The largest absolute Gasteiger partial charge is 0.369 e. The van der Waals surface area contributed by atoms with Gasteiger partial charge in [0.05, 0.1) is 17.9 Å². The minimum absolute atomic E-state index is 0.241. The molecule has 26 heavy (non-hydrogen) atoms. The lowest BCUT2D eigenvalue weighted by molar-refractivity contribution is -0.114. The summed E-state index contributed by atoms with van der Waals surface area (Å²) in [4.78, 5) is 30.5. The third kappa shape index (κ3) is 3.12. The third-order valence-electron chi connectivity index (χ3n) is 4.84. The Hall–Kier alpha value is -2.25. The monoisotopic (exact) mass is 417 g/mol. The second-order valence-corrected chi connectivity index (χ2v) is 7.36. The Balaban J connectivity index is 1.43. The number of Topliss-reactive ketones (excluding diaryl/α,β-unsaturated/α-hetero) is 1. The number of hydrogen-bond acceptors (Lipinski definition) is 4. The van der Waals surface area contributed by atoms with Crippen LogP contribution in [0.15, 0.2) is 46.9 Å². The summed E-state index contributed by atoms with van der Waals surface area (Å²) in [7, 11) is 0. The molecule has 0 atom stereocenters. The van der Waals surface area contributed by atoms with E-state index in [1.165, 1.54) is 12.1 Å². The van der Waals surface area contributed by atoms with Crippen molar-refractivity contribution < 1.29 is 14.0 Å². The molecule has 4 rings (SSSR count). The first kappa shape index (κ1) is 17.2. The van der Waals surface area contributed by atoms with Crippen LogP contribution in [0.3, 0.4) is 0 Å². The molecule has 1 amide bonds. The molecule has 2 aliphatic heterocycles. The maximum absolute atomic E-state index is 13.1. The maximum atomic E-state index is 13.1. The molecule has 1 saturated heterocycles. The van der Waals surface area contributed by atoms with Crippen molar-refractivity contribution in [2.24, 2.45) is 0 Å². The van der Waals surface area contributed by atoms with Gasteiger partial charge in [-0.25, -0.2) is 4.39 Å². The number of halogens is 2. The zero-order valence-corrected chi connectivity index (χ0v) is 15.6. The van der Waals surface area contributed by atoms with Gasteiger partial charge in [-0.05, 0) is 42.5 Å². The molecule has 2 heterocycles. The number of carbonyl (C=O) groups excluding carboxylic acids is 2. The van der Waals surface area contributed by atoms with Crippen molar-refractivity contribution in [2.75, 3.05) is 42.6 Å². The van der Waals surface area contributed by atoms with E-state index in [-0.39, 0.29) is 5.82 Å². The Kier molecular flexibility index (Phi) is 4.50. The normalized spacial score (nSPS) is 17.8. The van der Waals surface area contributed by atoms with Crippen molar-refractivity contribution in [2.45, 2.75) is 0 Å². The Morgan fingerprint density at radius 3 is 2.35 bits per heavy atom. The Morgan fingerprint density at radius 2 is 1.65 bits per heavy atom. The van der Waals surface area contributed by atoms with E-state index in [1.807, 2.05) is 6.07 Å². The highest BCUT2D eigenvalue weighted by Crippen LogP contribution is 2.31. The topological polar surface area (TPSA) is 43.9 Å². The van der Waals surface area contributed by atoms with Crippen LogP contribution < -0.4 is 9.80 Å². The molecule has 0 unspecified atom stereocenters. The van der Waals surface area contributed by atoms with E-state index in [9.17, 15) is 14.0 Å². The molecule has 5 nitrogen and oxygen atoms in total. The van der Waals surface area contributed by atoms with Crippen LogP contribution in [0.25, 0.3) is 0 Å². The van der Waals surface area contributed by atoms with E-state index in [0.29, 0.717) is 17.9 Å². The molecule has 2 aromatic rings. The van der Waals surface area contributed by atoms with E-state index >= 15 is 0 Å². The van der Waals surface area contributed by atoms with Gasteiger partial charge in [0.1, 0.15) is 5.82 Å². The van der Waals surface area contributed by atoms with Crippen molar-refractivity contribution in [3.05, 3.63) is 58.3 Å². The quantitative estimate of drug-likeness (QED) is 0.720. The molecule has 2 aromatic carbocycles. The van der Waals surface area contributed by atoms with Crippen LogP contribution >= 0.6 is 15.9 Å². The highest BCUT2D eigenvalue weighted by molar-refractivity contribution is 9.10. The number of benzene rings is 2. The van der Waals surface area contributed by atoms with E-state index in [4.69, 9.17) is 0 Å². The van der Waals surface area contributed by atoms with Gasteiger partial charge in [0.15, 0.2) is 0 Å². The summed E-state index contributed by atoms with van der Waals surface area (Å²) >= 11 is 3.34. The Labute approximate surface area is 159 Å². The number of anilines is 2. The van der Waals surface area contributed by atoms with Crippen molar-refractivity contribution in [1.82, 2.24) is 4.90 Å². The van der Waals surface area contributed by atoms with Gasteiger partial charge < -0.3 is 4.90 Å². The number of ketones is 1. The molecule has 0 aromatic heterocycles. The maximum Gasteiger partial charge on any atom is 0.300 e. The summed E-state index contributed by atoms with van der Waals surface area (Å²) in [5, 5.41) is 0. The summed E-state index contributed by atoms with van der Waals surface area (Å²) in [6.45, 7) is 3.50. The van der Waals surface area contributed by atoms with Gasteiger partial charge in [-0.15, -0.1) is 0 Å². The molecule has 0 saturated carbocycles. The van der Waals surface area contributed by atoms with Crippen LogP contribution in [0.5, 0.6) is 0 Å². The van der Waals surface area contributed by atoms with Crippen LogP contribution in [0.1, 0.15) is 10.4 Å². The van der Waals surface area contributed by atoms with Crippen LogP contribution in [-0.4, -0.2) is 49.4 Å². The minimum atomic E-state index is -0.473. The smallest absolute Gasteiger partial charge is 0.300 e. The highest BCUT2D eigenvalue weighted by atomic mass is 79.9. The van der Waals surface area contributed by atoms with Crippen molar-refractivity contribution in [3.63, 3.8) is 0 Å². The average molecular weight is 418 g/mol. The average Bonchev–Trinajstić information content (AvgIpc) is 2.88. The molecule has 0 aliphatic carbocycles.